The maximum atomic E-state index is 14.2. The van der Waals surface area contributed by atoms with Crippen LogP contribution >= 0.6 is 38.5 Å². The first-order chi connectivity index (χ1) is 13.3. The molecule has 0 bridgehead atoms. The van der Waals surface area contributed by atoms with E-state index in [9.17, 15) is 53.1 Å². The van der Waals surface area contributed by atoms with Crippen molar-refractivity contribution >= 4 is 44.4 Å². The van der Waals surface area contributed by atoms with Gasteiger partial charge in [-0.3, -0.25) is 4.79 Å². The van der Waals surface area contributed by atoms with Crippen LogP contribution < -0.4 is 5.32 Å². The zero-order valence-electron chi connectivity index (χ0n) is 13.9. The van der Waals surface area contributed by atoms with Crippen molar-refractivity contribution in [2.75, 3.05) is 6.54 Å². The summed E-state index contributed by atoms with van der Waals surface area (Å²) < 4.78 is 142. The lowest BCUT2D eigenvalue weighted by molar-refractivity contribution is -0.402. The second-order valence-electron chi connectivity index (χ2n) is 5.64. The largest absolute Gasteiger partial charge is 0.460 e. The van der Waals surface area contributed by atoms with Crippen LogP contribution in [0.1, 0.15) is 10.4 Å². The van der Waals surface area contributed by atoms with Crippen LogP contribution in [-0.2, 0) is 0 Å². The van der Waals surface area contributed by atoms with Crippen LogP contribution in [0.5, 0.6) is 0 Å². The molecular weight excluding hydrogens is 626 g/mol. The summed E-state index contributed by atoms with van der Waals surface area (Å²) in [6.45, 7) is -1.06. The molecule has 0 heterocycles. The molecule has 1 unspecified atom stereocenters. The first-order valence-corrected chi connectivity index (χ1v) is 9.14. The number of nitrogens with one attached hydrogen (secondary N) is 1. The lowest BCUT2D eigenvalue weighted by atomic mass is 9.90. The Labute approximate surface area is 183 Å². The molecule has 1 aromatic carbocycles. The number of carbonyl (C=O) groups is 1. The molecule has 0 aliphatic heterocycles. The van der Waals surface area contributed by atoms with Crippen LogP contribution in [0.15, 0.2) is 38.4 Å². The van der Waals surface area contributed by atoms with E-state index in [1.165, 1.54) is 24.3 Å². The molecule has 0 saturated carbocycles. The SMILES string of the molecule is O=C(NCC(I)=CC(F)(C(F)(F)F)C(F)(F)C(F)(F)C(F)(F)F)c1ccc(Br)cc1. The van der Waals surface area contributed by atoms with E-state index in [1.807, 2.05) is 5.32 Å². The van der Waals surface area contributed by atoms with Crippen LogP contribution in [0, 0.1) is 0 Å². The number of benzene rings is 1. The van der Waals surface area contributed by atoms with Gasteiger partial charge in [0, 0.05) is 20.2 Å². The molecule has 0 radical (unpaired) electrons. The van der Waals surface area contributed by atoms with Crippen LogP contribution in [0.4, 0.5) is 48.3 Å². The second kappa shape index (κ2) is 8.78. The average molecular weight is 634 g/mol. The van der Waals surface area contributed by atoms with Crippen molar-refractivity contribution in [1.29, 1.82) is 0 Å². The zero-order valence-corrected chi connectivity index (χ0v) is 17.7. The summed E-state index contributed by atoms with van der Waals surface area (Å²) in [5.74, 6) is -15.6. The van der Waals surface area contributed by atoms with Crippen molar-refractivity contribution in [3.63, 3.8) is 0 Å². The minimum Gasteiger partial charge on any atom is -0.348 e. The van der Waals surface area contributed by atoms with Crippen LogP contribution in [0.25, 0.3) is 0 Å². The number of halogens is 13. The minimum absolute atomic E-state index is 0.0568. The van der Waals surface area contributed by atoms with Gasteiger partial charge in [0.05, 0.1) is 0 Å². The maximum Gasteiger partial charge on any atom is 0.460 e. The van der Waals surface area contributed by atoms with E-state index in [4.69, 9.17) is 0 Å². The van der Waals surface area contributed by atoms with Gasteiger partial charge in [0.15, 0.2) is 0 Å². The van der Waals surface area contributed by atoms with E-state index in [0.717, 1.165) is 22.6 Å². The summed E-state index contributed by atoms with van der Waals surface area (Å²) in [5.41, 5.74) is -6.45. The summed E-state index contributed by atoms with van der Waals surface area (Å²) in [5, 5.41) is 1.89. The third kappa shape index (κ3) is 5.19. The summed E-state index contributed by atoms with van der Waals surface area (Å²) >= 11 is 3.85. The van der Waals surface area contributed by atoms with E-state index in [0.29, 0.717) is 4.47 Å². The normalized spacial score (nSPS) is 16.2. The first kappa shape index (κ1) is 26.9. The van der Waals surface area contributed by atoms with Crippen molar-refractivity contribution in [2.45, 2.75) is 29.9 Å². The highest BCUT2D eigenvalue weighted by Crippen LogP contribution is 2.57. The minimum atomic E-state index is -7.35. The van der Waals surface area contributed by atoms with Gasteiger partial charge in [-0.1, -0.05) is 15.9 Å². The Morgan fingerprint density at radius 2 is 1.33 bits per heavy atom. The number of hydrogen-bond donors (Lipinski definition) is 1. The Hall–Kier alpha value is -1.13. The summed E-state index contributed by atoms with van der Waals surface area (Å²) in [6, 6.07) is 5.27. The third-order valence-corrected chi connectivity index (χ3v) is 4.72. The molecule has 0 saturated heterocycles. The number of allylic oxidation sites excluding steroid dienone is 1. The molecule has 1 aromatic rings. The van der Waals surface area contributed by atoms with Crippen LogP contribution in [0.2, 0.25) is 0 Å². The van der Waals surface area contributed by atoms with Crippen LogP contribution in [0.3, 0.4) is 0 Å². The molecule has 15 heteroatoms. The van der Waals surface area contributed by atoms with Crippen LogP contribution in [-0.4, -0.2) is 42.3 Å². The van der Waals surface area contributed by atoms with Crippen molar-refractivity contribution in [3.05, 3.63) is 44.0 Å². The van der Waals surface area contributed by atoms with E-state index < -0.39 is 52.0 Å². The highest BCUT2D eigenvalue weighted by atomic mass is 127. The maximum absolute atomic E-state index is 14.2. The molecule has 0 aliphatic carbocycles. The van der Waals surface area contributed by atoms with Gasteiger partial charge in [0.25, 0.3) is 11.6 Å². The van der Waals surface area contributed by atoms with Gasteiger partial charge in [-0.15, -0.1) is 0 Å². The molecule has 0 aromatic heterocycles. The quantitative estimate of drug-likeness (QED) is 0.278. The molecule has 1 amide bonds. The molecule has 30 heavy (non-hydrogen) atoms. The van der Waals surface area contributed by atoms with E-state index in [-0.39, 0.29) is 5.56 Å². The fourth-order valence-corrected chi connectivity index (χ4v) is 2.78. The van der Waals surface area contributed by atoms with Gasteiger partial charge in [0.2, 0.25) is 0 Å². The monoisotopic (exact) mass is 633 g/mol. The fraction of sp³-hybridized carbons (Fsp3) is 0.400. The molecular formula is C15H8BrF11INO. The molecule has 1 rings (SSSR count). The summed E-state index contributed by atoms with van der Waals surface area (Å²) in [6.07, 6.45) is -15.1. The van der Waals surface area contributed by atoms with Gasteiger partial charge in [-0.2, -0.15) is 43.9 Å². The number of hydrogen-bond acceptors (Lipinski definition) is 1. The molecule has 0 fully saturated rings. The van der Waals surface area contributed by atoms with Crippen molar-refractivity contribution in [3.8, 4) is 0 Å². The van der Waals surface area contributed by atoms with Gasteiger partial charge in [-0.25, -0.2) is 4.39 Å². The average Bonchev–Trinajstić information content (AvgIpc) is 2.57. The third-order valence-electron chi connectivity index (χ3n) is 3.50. The van der Waals surface area contributed by atoms with E-state index in [2.05, 4.69) is 15.9 Å². The Balaban J connectivity index is 3.24. The zero-order chi connectivity index (χ0) is 23.8. The molecule has 1 atom stereocenters. The summed E-state index contributed by atoms with van der Waals surface area (Å²) in [7, 11) is 0. The van der Waals surface area contributed by atoms with Crippen molar-refractivity contribution in [2.24, 2.45) is 0 Å². The van der Waals surface area contributed by atoms with Gasteiger partial charge < -0.3 is 5.32 Å². The Morgan fingerprint density at radius 3 is 1.73 bits per heavy atom. The van der Waals surface area contributed by atoms with Gasteiger partial charge in [0.1, 0.15) is 0 Å². The number of carbonyl (C=O) groups excluding carboxylic acids is 1. The Kier molecular flexibility index (Phi) is 7.88. The van der Waals surface area contributed by atoms with E-state index >= 15 is 0 Å². The van der Waals surface area contributed by atoms with E-state index in [1.54, 1.807) is 0 Å². The molecule has 1 N–H and O–H groups in total. The Bertz CT molecular complexity index is 804. The fourth-order valence-electron chi connectivity index (χ4n) is 1.89. The molecule has 170 valence electrons. The lowest BCUT2D eigenvalue weighted by Gasteiger charge is -2.37. The first-order valence-electron chi connectivity index (χ1n) is 7.27. The lowest BCUT2D eigenvalue weighted by Crippen LogP contribution is -2.66. The topological polar surface area (TPSA) is 29.1 Å². The molecule has 0 aliphatic rings. The highest BCUT2D eigenvalue weighted by molar-refractivity contribution is 14.1. The molecule has 0 spiro atoms. The standard InChI is InChI=1S/C15H8BrF11INO/c16-8-3-1-7(2-4-8)10(30)29-6-9(28)5-11(17,14(22,23)24)12(18,19)13(20,21)15(25,26)27/h1-5H,6H2,(H,29,30). The summed E-state index contributed by atoms with van der Waals surface area (Å²) in [4.78, 5) is 11.8. The second-order valence-corrected chi connectivity index (χ2v) is 7.94. The van der Waals surface area contributed by atoms with Crippen molar-refractivity contribution in [1.82, 2.24) is 5.32 Å². The predicted molar refractivity (Wildman–Crippen MR) is 94.4 cm³/mol. The molecule has 2 nitrogen and oxygen atoms in total. The number of alkyl halides is 11. The van der Waals surface area contributed by atoms with Crippen molar-refractivity contribution < 1.29 is 53.1 Å². The van der Waals surface area contributed by atoms with Gasteiger partial charge in [-0.05, 0) is 52.9 Å². The Morgan fingerprint density at radius 1 is 0.867 bits per heavy atom. The highest BCUT2D eigenvalue weighted by Gasteiger charge is 2.85. The predicted octanol–water partition coefficient (Wildman–Crippen LogP) is 6.60. The number of rotatable bonds is 6. The number of amides is 1. The smallest absolute Gasteiger partial charge is 0.348 e. The van der Waals surface area contributed by atoms with Gasteiger partial charge >= 0.3 is 24.2 Å².